The minimum atomic E-state index is 0.0148. The van der Waals surface area contributed by atoms with Crippen LogP contribution in [0, 0.1) is 0 Å². The molecule has 0 aliphatic rings. The first kappa shape index (κ1) is 14.6. The van der Waals surface area contributed by atoms with Crippen molar-refractivity contribution in [1.82, 2.24) is 0 Å². The van der Waals surface area contributed by atoms with E-state index in [0.717, 1.165) is 17.0 Å². The van der Waals surface area contributed by atoms with Gasteiger partial charge in [0, 0.05) is 20.8 Å². The molecule has 1 unspecified atom stereocenters. The van der Waals surface area contributed by atoms with Crippen LogP contribution in [-0.4, -0.2) is 0 Å². The maximum atomic E-state index is 6.30. The topological polar surface area (TPSA) is 26.0 Å². The van der Waals surface area contributed by atoms with E-state index in [9.17, 15) is 0 Å². The lowest BCUT2D eigenvalue weighted by Gasteiger charge is -2.16. The molecule has 3 heteroatoms. The summed E-state index contributed by atoms with van der Waals surface area (Å²) in [7, 11) is 0. The standard InChI is InChI=1S/C16H20ClNS/c1-16(2,3)15-9-8-14(19-15)13(18)10-11-6-4-5-7-12(11)17/h4-9,13H,10,18H2,1-3H3. The number of rotatable bonds is 3. The zero-order valence-electron chi connectivity index (χ0n) is 11.6. The van der Waals surface area contributed by atoms with E-state index in [1.165, 1.54) is 9.75 Å². The molecular formula is C16H20ClNS. The van der Waals surface area contributed by atoms with Crippen molar-refractivity contribution in [2.75, 3.05) is 0 Å². The number of hydrogen-bond acceptors (Lipinski definition) is 2. The number of nitrogens with two attached hydrogens (primary N) is 1. The van der Waals surface area contributed by atoms with Crippen LogP contribution in [0.3, 0.4) is 0 Å². The summed E-state index contributed by atoms with van der Waals surface area (Å²) in [5.74, 6) is 0. The molecule has 19 heavy (non-hydrogen) atoms. The van der Waals surface area contributed by atoms with Crippen molar-refractivity contribution in [3.63, 3.8) is 0 Å². The fourth-order valence-electron chi connectivity index (χ4n) is 1.96. The van der Waals surface area contributed by atoms with Crippen LogP contribution in [-0.2, 0) is 11.8 Å². The Morgan fingerprint density at radius 1 is 1.16 bits per heavy atom. The summed E-state index contributed by atoms with van der Waals surface area (Å²) in [6.07, 6.45) is 0.782. The molecule has 0 radical (unpaired) electrons. The Kier molecular flexibility index (Phi) is 4.34. The van der Waals surface area contributed by atoms with Crippen LogP contribution < -0.4 is 5.73 Å². The van der Waals surface area contributed by atoms with Crippen LogP contribution in [0.2, 0.25) is 5.02 Å². The van der Waals surface area contributed by atoms with Crippen molar-refractivity contribution in [1.29, 1.82) is 0 Å². The normalized spacial score (nSPS) is 13.5. The van der Waals surface area contributed by atoms with E-state index in [1.54, 1.807) is 11.3 Å². The van der Waals surface area contributed by atoms with Gasteiger partial charge in [-0.05, 0) is 35.6 Å². The van der Waals surface area contributed by atoms with Crippen LogP contribution in [0.15, 0.2) is 36.4 Å². The van der Waals surface area contributed by atoms with E-state index in [1.807, 2.05) is 24.3 Å². The molecule has 0 spiro atoms. The molecule has 1 aromatic carbocycles. The van der Waals surface area contributed by atoms with Gasteiger partial charge >= 0.3 is 0 Å². The molecule has 1 heterocycles. The third-order valence-electron chi connectivity index (χ3n) is 3.13. The SMILES string of the molecule is CC(C)(C)c1ccc(C(N)Cc2ccccc2Cl)s1. The molecular weight excluding hydrogens is 274 g/mol. The van der Waals surface area contributed by atoms with E-state index < -0.39 is 0 Å². The third-order valence-corrected chi connectivity index (χ3v) is 5.14. The van der Waals surface area contributed by atoms with Gasteiger partial charge in [0.1, 0.15) is 0 Å². The molecule has 1 nitrogen and oxygen atoms in total. The number of halogens is 1. The second-order valence-electron chi connectivity index (χ2n) is 5.85. The molecule has 0 bridgehead atoms. The van der Waals surface area contributed by atoms with E-state index in [2.05, 4.69) is 32.9 Å². The molecule has 0 saturated carbocycles. The first-order valence-corrected chi connectivity index (χ1v) is 7.66. The lowest BCUT2D eigenvalue weighted by molar-refractivity contribution is 0.604. The maximum absolute atomic E-state index is 6.30. The summed E-state index contributed by atoms with van der Waals surface area (Å²) < 4.78 is 0. The van der Waals surface area contributed by atoms with Gasteiger partial charge in [0.15, 0.2) is 0 Å². The second-order valence-corrected chi connectivity index (χ2v) is 7.38. The van der Waals surface area contributed by atoms with Crippen LogP contribution in [0.5, 0.6) is 0 Å². The molecule has 102 valence electrons. The minimum Gasteiger partial charge on any atom is -0.323 e. The van der Waals surface area contributed by atoms with E-state index in [0.29, 0.717) is 0 Å². The summed E-state index contributed by atoms with van der Waals surface area (Å²) in [6.45, 7) is 6.67. The highest BCUT2D eigenvalue weighted by atomic mass is 35.5. The second kappa shape index (κ2) is 5.66. The summed E-state index contributed by atoms with van der Waals surface area (Å²) in [4.78, 5) is 2.60. The fraction of sp³-hybridized carbons (Fsp3) is 0.375. The molecule has 0 aliphatic carbocycles. The largest absolute Gasteiger partial charge is 0.323 e. The molecule has 0 fully saturated rings. The predicted octanol–water partition coefficient (Wildman–Crippen LogP) is 4.94. The van der Waals surface area contributed by atoms with Crippen molar-refractivity contribution < 1.29 is 0 Å². The maximum Gasteiger partial charge on any atom is 0.0438 e. The molecule has 1 aromatic heterocycles. The Morgan fingerprint density at radius 2 is 1.84 bits per heavy atom. The Balaban J connectivity index is 2.15. The molecule has 2 rings (SSSR count). The molecule has 2 N–H and O–H groups in total. The van der Waals surface area contributed by atoms with E-state index in [4.69, 9.17) is 17.3 Å². The van der Waals surface area contributed by atoms with Crippen molar-refractivity contribution >= 4 is 22.9 Å². The molecule has 1 atom stereocenters. The Morgan fingerprint density at radius 3 is 2.42 bits per heavy atom. The van der Waals surface area contributed by atoms with Crippen LogP contribution in [0.1, 0.15) is 42.1 Å². The molecule has 0 aliphatic heterocycles. The van der Waals surface area contributed by atoms with Gasteiger partial charge in [-0.1, -0.05) is 50.6 Å². The summed E-state index contributed by atoms with van der Waals surface area (Å²) in [5, 5.41) is 0.797. The van der Waals surface area contributed by atoms with Gasteiger partial charge < -0.3 is 5.73 Å². The number of thiophene rings is 1. The van der Waals surface area contributed by atoms with Gasteiger partial charge in [0.25, 0.3) is 0 Å². The van der Waals surface area contributed by atoms with E-state index in [-0.39, 0.29) is 11.5 Å². The van der Waals surface area contributed by atoms with Gasteiger partial charge in [-0.15, -0.1) is 11.3 Å². The highest BCUT2D eigenvalue weighted by Crippen LogP contribution is 2.33. The minimum absolute atomic E-state index is 0.0148. The molecule has 0 saturated heterocycles. The monoisotopic (exact) mass is 293 g/mol. The van der Waals surface area contributed by atoms with Gasteiger partial charge in [-0.2, -0.15) is 0 Å². The first-order valence-electron chi connectivity index (χ1n) is 6.47. The molecule has 2 aromatic rings. The van der Waals surface area contributed by atoms with Gasteiger partial charge in [0.2, 0.25) is 0 Å². The quantitative estimate of drug-likeness (QED) is 0.852. The highest BCUT2D eigenvalue weighted by molar-refractivity contribution is 7.12. The average molecular weight is 294 g/mol. The highest BCUT2D eigenvalue weighted by Gasteiger charge is 2.18. The zero-order chi connectivity index (χ0) is 14.0. The van der Waals surface area contributed by atoms with Crippen molar-refractivity contribution in [2.45, 2.75) is 38.6 Å². The van der Waals surface area contributed by atoms with Gasteiger partial charge in [-0.3, -0.25) is 0 Å². The fourth-order valence-corrected chi connectivity index (χ4v) is 3.24. The van der Waals surface area contributed by atoms with E-state index >= 15 is 0 Å². The van der Waals surface area contributed by atoms with Crippen LogP contribution >= 0.6 is 22.9 Å². The summed E-state index contributed by atoms with van der Waals surface area (Å²) >= 11 is 7.99. The molecule has 0 amide bonds. The Bertz CT molecular complexity index is 554. The van der Waals surface area contributed by atoms with Crippen molar-refractivity contribution in [3.05, 3.63) is 56.7 Å². The van der Waals surface area contributed by atoms with Gasteiger partial charge in [0.05, 0.1) is 0 Å². The lowest BCUT2D eigenvalue weighted by Crippen LogP contribution is -2.12. The first-order chi connectivity index (χ1) is 8.88. The van der Waals surface area contributed by atoms with Crippen LogP contribution in [0.25, 0.3) is 0 Å². The Hall–Kier alpha value is -0.830. The van der Waals surface area contributed by atoms with Crippen LogP contribution in [0.4, 0.5) is 0 Å². The van der Waals surface area contributed by atoms with Crippen molar-refractivity contribution in [2.24, 2.45) is 5.73 Å². The number of benzene rings is 1. The number of hydrogen-bond donors (Lipinski definition) is 1. The smallest absolute Gasteiger partial charge is 0.0438 e. The predicted molar refractivity (Wildman–Crippen MR) is 85.1 cm³/mol. The average Bonchev–Trinajstić information content (AvgIpc) is 2.81. The zero-order valence-corrected chi connectivity index (χ0v) is 13.2. The summed E-state index contributed by atoms with van der Waals surface area (Å²) in [6, 6.07) is 12.3. The van der Waals surface area contributed by atoms with Gasteiger partial charge in [-0.25, -0.2) is 0 Å². The van der Waals surface area contributed by atoms with Crippen molar-refractivity contribution in [3.8, 4) is 0 Å². The lowest BCUT2D eigenvalue weighted by atomic mass is 9.95. The summed E-state index contributed by atoms with van der Waals surface area (Å²) in [5.41, 5.74) is 7.61. The Labute approximate surface area is 124 Å². The third kappa shape index (κ3) is 3.59.